The Kier molecular flexibility index (Phi) is 8.72. The minimum absolute atomic E-state index is 0.00768. The molecule has 1 fully saturated rings. The summed E-state index contributed by atoms with van der Waals surface area (Å²) < 4.78 is 4.64. The zero-order valence-electron chi connectivity index (χ0n) is 13.7. The first kappa shape index (κ1) is 20.4. The molecule has 1 aliphatic carbocycles. The smallest absolute Gasteiger partial charge is 0.319 e. The number of hydrogen-bond donors (Lipinski definition) is 3. The topological polar surface area (TPSA) is 145 Å². The van der Waals surface area contributed by atoms with Gasteiger partial charge in [0.25, 0.3) is 0 Å². The summed E-state index contributed by atoms with van der Waals surface area (Å²) in [6, 6.07) is -1.09. The van der Waals surface area contributed by atoms with Gasteiger partial charge in [0.1, 0.15) is 12.6 Å². The molecule has 0 radical (unpaired) electrons. The van der Waals surface area contributed by atoms with Gasteiger partial charge in [-0.1, -0.05) is 11.8 Å². The third kappa shape index (κ3) is 8.27. The standard InChI is InChI=1S/C14H24N4O5S/c1-18(6-13(21)24-8-9-2-3-9)11(19)5-17-14(22)10(16)7-23-12(20)4-15/h9-10H,2-8,15-16H2,1H3,(H,17,22)/t10-/m0/s1. The minimum atomic E-state index is -1.09. The molecular formula is C14H24N4O5S. The molecule has 0 unspecified atom stereocenters. The number of carbonyl (C=O) groups is 4. The number of esters is 1. The fourth-order valence-corrected chi connectivity index (χ4v) is 2.61. The molecule has 0 aromatic heterocycles. The Hall–Kier alpha value is -1.65. The summed E-state index contributed by atoms with van der Waals surface area (Å²) in [4.78, 5) is 47.4. The molecule has 0 saturated heterocycles. The highest BCUT2D eigenvalue weighted by Crippen LogP contribution is 2.32. The lowest BCUT2D eigenvalue weighted by Gasteiger charge is -2.17. The lowest BCUT2D eigenvalue weighted by atomic mass is 10.3. The Morgan fingerprint density at radius 1 is 1.33 bits per heavy atom. The maximum atomic E-state index is 11.9. The molecule has 2 amide bonds. The number of nitrogens with zero attached hydrogens (tertiary/aromatic N) is 1. The van der Waals surface area contributed by atoms with Gasteiger partial charge in [0.15, 0.2) is 0 Å². The van der Waals surface area contributed by atoms with E-state index in [2.05, 4.69) is 10.1 Å². The van der Waals surface area contributed by atoms with E-state index in [0.717, 1.165) is 5.75 Å². The number of hydrogen-bond acceptors (Lipinski definition) is 8. The number of carbonyl (C=O) groups excluding carboxylic acids is 4. The van der Waals surface area contributed by atoms with E-state index in [9.17, 15) is 19.2 Å². The highest BCUT2D eigenvalue weighted by atomic mass is 32.2. The molecule has 5 N–H and O–H groups in total. The predicted octanol–water partition coefficient (Wildman–Crippen LogP) is -1.94. The summed E-state index contributed by atoms with van der Waals surface area (Å²) in [5, 5.41) is 2.27. The summed E-state index contributed by atoms with van der Waals surface area (Å²) >= 11 is 1.23. The van der Waals surface area contributed by atoms with Gasteiger partial charge in [0.2, 0.25) is 16.9 Å². The normalized spacial score (nSPS) is 14.6. The molecule has 0 bridgehead atoms. The molecule has 0 spiro atoms. The van der Waals surface area contributed by atoms with Crippen molar-refractivity contribution in [1.82, 2.24) is 10.2 Å². The van der Waals surface area contributed by atoms with Gasteiger partial charge in [-0.2, -0.15) is 0 Å². The Morgan fingerprint density at radius 3 is 2.58 bits per heavy atom. The average Bonchev–Trinajstić information content (AvgIpc) is 3.39. The number of nitrogens with two attached hydrogens (primary N) is 2. The molecule has 1 saturated carbocycles. The fraction of sp³-hybridized carbons (Fsp3) is 0.714. The largest absolute Gasteiger partial charge is 0.463 e. The third-order valence-corrected chi connectivity index (χ3v) is 4.40. The Labute approximate surface area is 144 Å². The molecule has 24 heavy (non-hydrogen) atoms. The molecule has 1 atom stereocenters. The van der Waals surface area contributed by atoms with Crippen molar-refractivity contribution < 1.29 is 23.9 Å². The zero-order chi connectivity index (χ0) is 18.1. The maximum Gasteiger partial charge on any atom is 0.319 e. The maximum absolute atomic E-state index is 11.9. The second-order valence-corrected chi connectivity index (χ2v) is 6.66. The van der Waals surface area contributed by atoms with E-state index in [0.29, 0.717) is 5.92 Å². The van der Waals surface area contributed by atoms with Crippen LogP contribution in [0.4, 0.5) is 0 Å². The monoisotopic (exact) mass is 360 g/mol. The second-order valence-electron chi connectivity index (χ2n) is 5.59. The summed E-state index contributed by atoms with van der Waals surface area (Å²) in [5.74, 6) is -0.273. The van der Waals surface area contributed by atoms with E-state index in [-0.39, 0.29) is 31.4 Å². The van der Waals surface area contributed by atoms with Crippen molar-refractivity contribution in [3.63, 3.8) is 0 Å². The Morgan fingerprint density at radius 2 is 2.00 bits per heavy atom. The van der Waals surface area contributed by atoms with Crippen LogP contribution in [0.1, 0.15) is 12.8 Å². The molecule has 136 valence electrons. The van der Waals surface area contributed by atoms with Crippen LogP contribution in [0.5, 0.6) is 0 Å². The van der Waals surface area contributed by atoms with Crippen molar-refractivity contribution in [1.29, 1.82) is 0 Å². The van der Waals surface area contributed by atoms with Gasteiger partial charge in [-0.25, -0.2) is 0 Å². The molecular weight excluding hydrogens is 336 g/mol. The second kappa shape index (κ2) is 10.3. The Bertz CT molecular complexity index is 484. The van der Waals surface area contributed by atoms with Crippen LogP contribution < -0.4 is 16.8 Å². The van der Waals surface area contributed by atoms with Crippen molar-refractivity contribution in [2.24, 2.45) is 17.4 Å². The summed E-state index contributed by atoms with van der Waals surface area (Å²) in [5.41, 5.74) is 10.6. The molecule has 9 nitrogen and oxygen atoms in total. The van der Waals surface area contributed by atoms with E-state index < -0.39 is 23.8 Å². The van der Waals surface area contributed by atoms with Crippen LogP contribution in [0, 0.1) is 5.92 Å². The van der Waals surface area contributed by atoms with Gasteiger partial charge < -0.3 is 26.4 Å². The predicted molar refractivity (Wildman–Crippen MR) is 88.8 cm³/mol. The summed E-state index contributed by atoms with van der Waals surface area (Å²) in [7, 11) is 1.49. The first-order valence-electron chi connectivity index (χ1n) is 7.62. The molecule has 10 heteroatoms. The first-order valence-corrected chi connectivity index (χ1v) is 8.60. The summed E-state index contributed by atoms with van der Waals surface area (Å²) in [6.45, 7) is -0.909. The van der Waals surface area contributed by atoms with Crippen LogP contribution in [-0.4, -0.2) is 72.9 Å². The molecule has 1 aliphatic rings. The van der Waals surface area contributed by atoms with Crippen molar-refractivity contribution in [3.05, 3.63) is 0 Å². The van der Waals surface area contributed by atoms with Crippen molar-refractivity contribution in [2.45, 2.75) is 18.9 Å². The average molecular weight is 360 g/mol. The van der Waals surface area contributed by atoms with Crippen LogP contribution in [0.15, 0.2) is 0 Å². The SMILES string of the molecule is CN(CC(=O)SCC1CC1)C(=O)CNC(=O)[C@@H](N)COC(=O)CN. The van der Waals surface area contributed by atoms with Gasteiger partial charge in [-0.05, 0) is 18.8 Å². The highest BCUT2D eigenvalue weighted by molar-refractivity contribution is 8.13. The molecule has 0 aromatic carbocycles. The van der Waals surface area contributed by atoms with Crippen molar-refractivity contribution in [2.75, 3.05) is 39.0 Å². The number of amides is 2. The van der Waals surface area contributed by atoms with Crippen molar-refractivity contribution in [3.8, 4) is 0 Å². The highest BCUT2D eigenvalue weighted by Gasteiger charge is 2.23. The van der Waals surface area contributed by atoms with Crippen LogP contribution >= 0.6 is 11.8 Å². The Balaban J connectivity index is 2.21. The number of ether oxygens (including phenoxy) is 1. The minimum Gasteiger partial charge on any atom is -0.463 e. The number of likely N-dealkylation sites (N-methyl/N-ethyl adjacent to an activating group) is 1. The van der Waals surface area contributed by atoms with Gasteiger partial charge >= 0.3 is 5.97 Å². The molecule has 0 heterocycles. The van der Waals surface area contributed by atoms with Crippen LogP contribution in [0.3, 0.4) is 0 Å². The van der Waals surface area contributed by atoms with Crippen LogP contribution in [-0.2, 0) is 23.9 Å². The van der Waals surface area contributed by atoms with Crippen molar-refractivity contribution >= 4 is 34.7 Å². The number of nitrogens with one attached hydrogen (secondary N) is 1. The number of rotatable bonds is 10. The van der Waals surface area contributed by atoms with Gasteiger partial charge in [0, 0.05) is 12.8 Å². The van der Waals surface area contributed by atoms with E-state index >= 15 is 0 Å². The quantitative estimate of drug-likeness (QED) is 0.382. The fourth-order valence-electron chi connectivity index (χ4n) is 1.57. The van der Waals surface area contributed by atoms with E-state index in [1.54, 1.807) is 0 Å². The number of thioether (sulfide) groups is 1. The molecule has 1 rings (SSSR count). The van der Waals surface area contributed by atoms with Gasteiger partial charge in [-0.15, -0.1) is 0 Å². The van der Waals surface area contributed by atoms with E-state index in [4.69, 9.17) is 11.5 Å². The zero-order valence-corrected chi connectivity index (χ0v) is 14.5. The lowest BCUT2D eigenvalue weighted by Crippen LogP contribution is -2.48. The third-order valence-electron chi connectivity index (χ3n) is 3.31. The van der Waals surface area contributed by atoms with Crippen LogP contribution in [0.2, 0.25) is 0 Å². The summed E-state index contributed by atoms with van der Waals surface area (Å²) in [6.07, 6.45) is 2.34. The van der Waals surface area contributed by atoms with E-state index in [1.807, 2.05) is 0 Å². The first-order chi connectivity index (χ1) is 11.3. The lowest BCUT2D eigenvalue weighted by molar-refractivity contribution is -0.143. The molecule has 0 aliphatic heterocycles. The van der Waals surface area contributed by atoms with Gasteiger partial charge in [-0.3, -0.25) is 19.2 Å². The van der Waals surface area contributed by atoms with Crippen LogP contribution in [0.25, 0.3) is 0 Å². The molecule has 0 aromatic rings. The van der Waals surface area contributed by atoms with Gasteiger partial charge in [0.05, 0.1) is 19.6 Å². The van der Waals surface area contributed by atoms with E-state index in [1.165, 1.54) is 36.6 Å².